The maximum absolute atomic E-state index is 12.3. The maximum atomic E-state index is 12.3. The fraction of sp³-hybridized carbons (Fsp3) is 0.611. The van der Waals surface area contributed by atoms with Crippen LogP contribution in [0.25, 0.3) is 0 Å². The summed E-state index contributed by atoms with van der Waals surface area (Å²) >= 11 is 0. The third-order valence-electron chi connectivity index (χ3n) is 4.69. The number of benzene rings is 1. The number of nitrogens with zero attached hydrogens (tertiary/aromatic N) is 2. The van der Waals surface area contributed by atoms with Gasteiger partial charge in [-0.15, -0.1) is 0 Å². The van der Waals surface area contributed by atoms with Gasteiger partial charge in [0.2, 0.25) is 0 Å². The van der Waals surface area contributed by atoms with Crippen LogP contribution in [0.15, 0.2) is 24.3 Å². The zero-order valence-corrected chi connectivity index (χ0v) is 14.5. The van der Waals surface area contributed by atoms with Gasteiger partial charge in [0.1, 0.15) is 0 Å². The predicted octanol–water partition coefficient (Wildman–Crippen LogP) is 1.18. The van der Waals surface area contributed by atoms with Gasteiger partial charge in [-0.05, 0) is 37.6 Å². The molecule has 2 atom stereocenters. The van der Waals surface area contributed by atoms with Crippen LogP contribution in [0.1, 0.15) is 29.8 Å². The van der Waals surface area contributed by atoms with Gasteiger partial charge in [0.05, 0.1) is 0 Å². The van der Waals surface area contributed by atoms with Gasteiger partial charge in [0.15, 0.2) is 0 Å². The summed E-state index contributed by atoms with van der Waals surface area (Å²) < 4.78 is 0. The van der Waals surface area contributed by atoms with Crippen molar-refractivity contribution in [2.75, 3.05) is 39.8 Å². The van der Waals surface area contributed by atoms with Crippen LogP contribution in [0, 0.1) is 5.92 Å². The van der Waals surface area contributed by atoms with Crippen LogP contribution in [0.3, 0.4) is 0 Å². The van der Waals surface area contributed by atoms with Crippen LogP contribution in [0.5, 0.6) is 0 Å². The van der Waals surface area contributed by atoms with E-state index in [0.717, 1.165) is 32.7 Å². The van der Waals surface area contributed by atoms with Gasteiger partial charge in [-0.1, -0.05) is 19.1 Å². The largest absolute Gasteiger partial charge is 0.396 e. The average Bonchev–Trinajstić information content (AvgIpc) is 2.56. The minimum atomic E-state index is -0.0713. The van der Waals surface area contributed by atoms with Gasteiger partial charge in [0, 0.05) is 50.9 Å². The number of carbonyl (C=O) groups excluding carboxylic acids is 1. The molecule has 1 aliphatic heterocycles. The molecule has 2 N–H and O–H groups in total. The Bertz CT molecular complexity index is 513. The van der Waals surface area contributed by atoms with Crippen molar-refractivity contribution >= 4 is 5.91 Å². The lowest BCUT2D eigenvalue weighted by molar-refractivity contribution is 0.0916. The highest BCUT2D eigenvalue weighted by Gasteiger charge is 2.17. The Hall–Kier alpha value is -1.43. The summed E-state index contributed by atoms with van der Waals surface area (Å²) in [6.45, 7) is 9.13. The number of nitrogens with one attached hydrogen (secondary N) is 1. The van der Waals surface area contributed by atoms with Crippen LogP contribution in [-0.2, 0) is 6.54 Å². The van der Waals surface area contributed by atoms with E-state index in [0.29, 0.717) is 5.56 Å². The normalized spacial score (nSPS) is 19.3. The smallest absolute Gasteiger partial charge is 0.251 e. The minimum absolute atomic E-state index is 0.0474. The van der Waals surface area contributed by atoms with Crippen molar-refractivity contribution in [3.63, 3.8) is 0 Å². The molecule has 1 aromatic rings. The quantitative estimate of drug-likeness (QED) is 0.827. The third kappa shape index (κ3) is 5.30. The van der Waals surface area contributed by atoms with E-state index < -0.39 is 0 Å². The summed E-state index contributed by atoms with van der Waals surface area (Å²) in [6.07, 6.45) is 0. The lowest BCUT2D eigenvalue weighted by Crippen LogP contribution is -2.43. The summed E-state index contributed by atoms with van der Waals surface area (Å²) in [5, 5.41) is 12.1. The van der Waals surface area contributed by atoms with E-state index in [1.807, 2.05) is 32.0 Å². The molecule has 0 bridgehead atoms. The van der Waals surface area contributed by atoms with E-state index in [-0.39, 0.29) is 24.5 Å². The molecule has 1 fully saturated rings. The summed E-state index contributed by atoms with van der Waals surface area (Å²) in [4.78, 5) is 17.1. The third-order valence-corrected chi connectivity index (χ3v) is 4.69. The molecule has 2 rings (SSSR count). The van der Waals surface area contributed by atoms with Crippen LogP contribution in [-0.4, -0.2) is 66.7 Å². The zero-order chi connectivity index (χ0) is 16.8. The van der Waals surface area contributed by atoms with Gasteiger partial charge >= 0.3 is 0 Å². The molecule has 2 unspecified atom stereocenters. The Morgan fingerprint density at radius 1 is 1.26 bits per heavy atom. The first-order valence-electron chi connectivity index (χ1n) is 8.41. The van der Waals surface area contributed by atoms with E-state index in [4.69, 9.17) is 0 Å². The second-order valence-electron chi connectivity index (χ2n) is 6.70. The monoisotopic (exact) mass is 319 g/mol. The molecule has 5 nitrogen and oxygen atoms in total. The van der Waals surface area contributed by atoms with E-state index in [1.54, 1.807) is 0 Å². The number of likely N-dealkylation sites (N-methyl/N-ethyl adjacent to an activating group) is 1. The number of rotatable bonds is 6. The van der Waals surface area contributed by atoms with E-state index >= 15 is 0 Å². The summed E-state index contributed by atoms with van der Waals surface area (Å²) in [5.41, 5.74) is 1.86. The van der Waals surface area contributed by atoms with Crippen LogP contribution in [0.4, 0.5) is 0 Å². The molecule has 0 aliphatic carbocycles. The first-order valence-corrected chi connectivity index (χ1v) is 8.41. The fourth-order valence-corrected chi connectivity index (χ4v) is 2.67. The molecule has 0 aromatic heterocycles. The Balaban J connectivity index is 1.95. The second-order valence-corrected chi connectivity index (χ2v) is 6.70. The Labute approximate surface area is 139 Å². The molecule has 128 valence electrons. The maximum Gasteiger partial charge on any atom is 0.251 e. The van der Waals surface area contributed by atoms with Gasteiger partial charge in [-0.25, -0.2) is 0 Å². The summed E-state index contributed by atoms with van der Waals surface area (Å²) in [5.74, 6) is -0.0227. The first-order chi connectivity index (χ1) is 11.0. The predicted molar refractivity (Wildman–Crippen MR) is 92.4 cm³/mol. The standard InChI is InChI=1S/C18H29N3O2/c1-14(13-22)15(2)19-18(23)17-6-4-5-16(11-17)12-21-9-7-20(3)8-10-21/h4-6,11,14-15,22H,7-10,12-13H2,1-3H3,(H,19,23). The van der Waals surface area contributed by atoms with Crippen molar-refractivity contribution in [2.45, 2.75) is 26.4 Å². The average molecular weight is 319 g/mol. The van der Waals surface area contributed by atoms with E-state index in [9.17, 15) is 9.90 Å². The second kappa shape index (κ2) is 8.43. The number of piperazine rings is 1. The number of carbonyl (C=O) groups is 1. The van der Waals surface area contributed by atoms with Crippen LogP contribution < -0.4 is 5.32 Å². The molecule has 0 spiro atoms. The van der Waals surface area contributed by atoms with E-state index in [2.05, 4.69) is 28.2 Å². The van der Waals surface area contributed by atoms with Crippen molar-refractivity contribution < 1.29 is 9.90 Å². The lowest BCUT2D eigenvalue weighted by atomic mass is 10.0. The summed E-state index contributed by atoms with van der Waals surface area (Å²) in [7, 11) is 2.15. The number of aliphatic hydroxyl groups is 1. The first kappa shape index (κ1) is 17.9. The lowest BCUT2D eigenvalue weighted by Gasteiger charge is -2.32. The zero-order valence-electron chi connectivity index (χ0n) is 14.5. The molecule has 0 saturated carbocycles. The molecule has 1 saturated heterocycles. The molecule has 23 heavy (non-hydrogen) atoms. The van der Waals surface area contributed by atoms with E-state index in [1.165, 1.54) is 5.56 Å². The molecular weight excluding hydrogens is 290 g/mol. The van der Waals surface area contributed by atoms with Gasteiger partial charge < -0.3 is 15.3 Å². The molecule has 0 radical (unpaired) electrons. The van der Waals surface area contributed by atoms with Crippen molar-refractivity contribution in [3.05, 3.63) is 35.4 Å². The van der Waals surface area contributed by atoms with Crippen molar-refractivity contribution in [2.24, 2.45) is 5.92 Å². The van der Waals surface area contributed by atoms with Crippen molar-refractivity contribution in [1.82, 2.24) is 15.1 Å². The SMILES string of the molecule is CC(CO)C(C)NC(=O)c1cccc(CN2CCN(C)CC2)c1. The molecule has 1 amide bonds. The molecule has 5 heteroatoms. The van der Waals surface area contributed by atoms with Crippen LogP contribution in [0.2, 0.25) is 0 Å². The Kier molecular flexibility index (Phi) is 6.57. The summed E-state index contributed by atoms with van der Waals surface area (Å²) in [6, 6.07) is 7.80. The minimum Gasteiger partial charge on any atom is -0.396 e. The Morgan fingerprint density at radius 2 is 1.96 bits per heavy atom. The molecular formula is C18H29N3O2. The fourth-order valence-electron chi connectivity index (χ4n) is 2.67. The van der Waals surface area contributed by atoms with Crippen molar-refractivity contribution in [1.29, 1.82) is 0 Å². The molecule has 1 aliphatic rings. The number of amides is 1. The highest BCUT2D eigenvalue weighted by molar-refractivity contribution is 5.94. The topological polar surface area (TPSA) is 55.8 Å². The number of hydrogen-bond acceptors (Lipinski definition) is 4. The Morgan fingerprint density at radius 3 is 2.61 bits per heavy atom. The number of aliphatic hydroxyl groups excluding tert-OH is 1. The van der Waals surface area contributed by atoms with Gasteiger partial charge in [0.25, 0.3) is 5.91 Å². The highest BCUT2D eigenvalue weighted by atomic mass is 16.3. The number of hydrogen-bond donors (Lipinski definition) is 2. The molecule has 1 heterocycles. The highest BCUT2D eigenvalue weighted by Crippen LogP contribution is 2.11. The molecule has 1 aromatic carbocycles. The van der Waals surface area contributed by atoms with Crippen LogP contribution >= 0.6 is 0 Å². The van der Waals surface area contributed by atoms with Crippen molar-refractivity contribution in [3.8, 4) is 0 Å². The van der Waals surface area contributed by atoms with Gasteiger partial charge in [-0.3, -0.25) is 9.69 Å². The van der Waals surface area contributed by atoms with Gasteiger partial charge in [-0.2, -0.15) is 0 Å².